The molecule has 1 aromatic carbocycles. The average Bonchev–Trinajstić information content (AvgIpc) is 2.81. The number of likely N-dealkylation sites (N-methyl/N-ethyl adjacent to an activating group) is 1. The van der Waals surface area contributed by atoms with Gasteiger partial charge in [-0.05, 0) is 24.7 Å². The van der Waals surface area contributed by atoms with E-state index in [9.17, 15) is 13.2 Å². The first-order valence-electron chi connectivity index (χ1n) is 7.00. The van der Waals surface area contributed by atoms with Crippen LogP contribution in [0.25, 0.3) is 10.2 Å². The fourth-order valence-electron chi connectivity index (χ4n) is 2.65. The predicted molar refractivity (Wildman–Crippen MR) is 81.8 cm³/mol. The van der Waals surface area contributed by atoms with Crippen molar-refractivity contribution < 1.29 is 13.2 Å². The number of nitrogens with zero attached hydrogens (tertiary/aromatic N) is 3. The predicted octanol–water partition coefficient (Wildman–Crippen LogP) is 2.64. The van der Waals surface area contributed by atoms with E-state index >= 15 is 0 Å². The van der Waals surface area contributed by atoms with Crippen LogP contribution in [0, 0.1) is 0 Å². The maximum Gasteiger partial charge on any atom is 0.416 e. The summed E-state index contributed by atoms with van der Waals surface area (Å²) in [5.41, 5.74) is 6.24. The highest BCUT2D eigenvalue weighted by molar-refractivity contribution is 7.22. The molecule has 0 spiro atoms. The summed E-state index contributed by atoms with van der Waals surface area (Å²) in [5.74, 6) is 0. The van der Waals surface area contributed by atoms with Crippen LogP contribution in [0.3, 0.4) is 0 Å². The largest absolute Gasteiger partial charge is 0.416 e. The number of halogens is 3. The van der Waals surface area contributed by atoms with Crippen molar-refractivity contribution in [2.75, 3.05) is 39.0 Å². The number of piperazine rings is 1. The van der Waals surface area contributed by atoms with Crippen LogP contribution in [0.15, 0.2) is 12.1 Å². The molecule has 0 amide bonds. The van der Waals surface area contributed by atoms with Gasteiger partial charge in [0.05, 0.1) is 15.8 Å². The van der Waals surface area contributed by atoms with E-state index in [1.54, 1.807) is 0 Å². The number of aromatic nitrogens is 1. The second kappa shape index (κ2) is 5.68. The Labute approximate surface area is 130 Å². The van der Waals surface area contributed by atoms with Crippen molar-refractivity contribution >= 4 is 26.7 Å². The van der Waals surface area contributed by atoms with Crippen molar-refractivity contribution in [3.63, 3.8) is 0 Å². The second-order valence-corrected chi connectivity index (χ2v) is 6.67. The summed E-state index contributed by atoms with van der Waals surface area (Å²) in [6.45, 7) is 3.99. The number of benzene rings is 1. The first-order chi connectivity index (χ1) is 10.3. The molecule has 8 heteroatoms. The van der Waals surface area contributed by atoms with E-state index in [2.05, 4.69) is 14.8 Å². The quantitative estimate of drug-likeness (QED) is 0.919. The molecule has 3 rings (SSSR count). The Hall–Kier alpha value is -1.38. The van der Waals surface area contributed by atoms with E-state index in [4.69, 9.17) is 5.73 Å². The number of anilines is 1. The van der Waals surface area contributed by atoms with Crippen LogP contribution in [0.1, 0.15) is 11.1 Å². The lowest BCUT2D eigenvalue weighted by Gasteiger charge is -2.32. The Bertz CT molecular complexity index is 675. The highest BCUT2D eigenvalue weighted by Gasteiger charge is 2.32. The molecular formula is C14H17F3N4S. The van der Waals surface area contributed by atoms with Gasteiger partial charge in [-0.3, -0.25) is 4.90 Å². The van der Waals surface area contributed by atoms with Crippen molar-refractivity contribution in [3.8, 4) is 0 Å². The van der Waals surface area contributed by atoms with Gasteiger partial charge in [0.15, 0.2) is 5.13 Å². The Morgan fingerprint density at radius 1 is 1.23 bits per heavy atom. The Kier molecular flexibility index (Phi) is 4.00. The number of nitrogens with two attached hydrogens (primary N) is 1. The fraction of sp³-hybridized carbons (Fsp3) is 0.500. The van der Waals surface area contributed by atoms with Gasteiger partial charge in [0.2, 0.25) is 0 Å². The van der Waals surface area contributed by atoms with Crippen LogP contribution in [0.5, 0.6) is 0 Å². The van der Waals surface area contributed by atoms with Gasteiger partial charge < -0.3 is 10.6 Å². The normalized spacial score (nSPS) is 18.2. The molecule has 2 N–H and O–H groups in total. The van der Waals surface area contributed by atoms with E-state index in [1.807, 2.05) is 7.05 Å². The van der Waals surface area contributed by atoms with Gasteiger partial charge in [-0.25, -0.2) is 4.98 Å². The molecule has 0 radical (unpaired) electrons. The number of alkyl halides is 3. The van der Waals surface area contributed by atoms with Crippen LogP contribution in [-0.4, -0.2) is 48.0 Å². The molecule has 120 valence electrons. The van der Waals surface area contributed by atoms with Crippen LogP contribution in [0.2, 0.25) is 0 Å². The van der Waals surface area contributed by atoms with Crippen molar-refractivity contribution in [2.24, 2.45) is 0 Å². The summed E-state index contributed by atoms with van der Waals surface area (Å²) in [5, 5.41) is 0.300. The minimum absolute atomic E-state index is 0.300. The van der Waals surface area contributed by atoms with E-state index < -0.39 is 11.7 Å². The van der Waals surface area contributed by atoms with Crippen LogP contribution >= 0.6 is 11.3 Å². The van der Waals surface area contributed by atoms with E-state index in [0.717, 1.165) is 43.6 Å². The molecule has 0 aliphatic carbocycles. The summed E-state index contributed by atoms with van der Waals surface area (Å²) in [6, 6.07) is 2.34. The smallest absolute Gasteiger partial charge is 0.375 e. The second-order valence-electron chi connectivity index (χ2n) is 5.61. The van der Waals surface area contributed by atoms with Gasteiger partial charge in [0, 0.05) is 32.7 Å². The SMILES string of the molecule is CN1CCN(Cc2cc(C(F)(F)F)cc3sc(N)nc23)CC1. The number of nitrogen functional groups attached to an aromatic ring is 1. The number of fused-ring (bicyclic) bond motifs is 1. The van der Waals surface area contributed by atoms with Crippen molar-refractivity contribution in [1.29, 1.82) is 0 Å². The number of hydrogen-bond donors (Lipinski definition) is 1. The van der Waals surface area contributed by atoms with Gasteiger partial charge >= 0.3 is 6.18 Å². The molecule has 4 nitrogen and oxygen atoms in total. The third kappa shape index (κ3) is 3.18. The Morgan fingerprint density at radius 2 is 1.91 bits per heavy atom. The standard InChI is InChI=1S/C14H17F3N4S/c1-20-2-4-21(5-3-20)8-9-6-10(14(15,16)17)7-11-12(9)19-13(18)22-11/h6-7H,2-5,8H2,1H3,(H2,18,19). The van der Waals surface area contributed by atoms with Crippen molar-refractivity contribution in [1.82, 2.24) is 14.8 Å². The Balaban J connectivity index is 1.96. The summed E-state index contributed by atoms with van der Waals surface area (Å²) in [6.07, 6.45) is -4.36. The zero-order chi connectivity index (χ0) is 15.9. The molecular weight excluding hydrogens is 313 g/mol. The summed E-state index contributed by atoms with van der Waals surface area (Å²) < 4.78 is 39.7. The minimum Gasteiger partial charge on any atom is -0.375 e. The maximum atomic E-state index is 13.1. The van der Waals surface area contributed by atoms with E-state index in [1.165, 1.54) is 6.07 Å². The minimum atomic E-state index is -4.36. The molecule has 2 aromatic rings. The fourth-order valence-corrected chi connectivity index (χ4v) is 3.47. The molecule has 22 heavy (non-hydrogen) atoms. The van der Waals surface area contributed by atoms with E-state index in [-0.39, 0.29) is 0 Å². The number of thiazole rings is 1. The maximum absolute atomic E-state index is 13.1. The Morgan fingerprint density at radius 3 is 2.55 bits per heavy atom. The van der Waals surface area contributed by atoms with Crippen LogP contribution < -0.4 is 5.73 Å². The molecule has 1 aromatic heterocycles. The number of rotatable bonds is 2. The lowest BCUT2D eigenvalue weighted by atomic mass is 10.1. The highest BCUT2D eigenvalue weighted by atomic mass is 32.1. The summed E-state index contributed by atoms with van der Waals surface area (Å²) in [4.78, 5) is 8.57. The molecule has 0 saturated carbocycles. The molecule has 1 aliphatic rings. The van der Waals surface area contributed by atoms with Gasteiger partial charge in [-0.1, -0.05) is 11.3 Å². The van der Waals surface area contributed by atoms with Gasteiger partial charge in [0.25, 0.3) is 0 Å². The molecule has 0 unspecified atom stereocenters. The molecule has 0 atom stereocenters. The van der Waals surface area contributed by atoms with E-state index in [0.29, 0.717) is 27.5 Å². The lowest BCUT2D eigenvalue weighted by Crippen LogP contribution is -2.43. The summed E-state index contributed by atoms with van der Waals surface area (Å²) >= 11 is 1.10. The molecule has 2 heterocycles. The first-order valence-corrected chi connectivity index (χ1v) is 7.81. The molecule has 1 fully saturated rings. The molecule has 1 aliphatic heterocycles. The van der Waals surface area contributed by atoms with Gasteiger partial charge in [-0.2, -0.15) is 13.2 Å². The third-order valence-electron chi connectivity index (χ3n) is 3.91. The third-order valence-corrected chi connectivity index (χ3v) is 4.74. The zero-order valence-electron chi connectivity index (χ0n) is 12.2. The monoisotopic (exact) mass is 330 g/mol. The highest BCUT2D eigenvalue weighted by Crippen LogP contribution is 2.36. The van der Waals surface area contributed by atoms with Gasteiger partial charge in [-0.15, -0.1) is 0 Å². The van der Waals surface area contributed by atoms with Crippen molar-refractivity contribution in [2.45, 2.75) is 12.7 Å². The lowest BCUT2D eigenvalue weighted by molar-refractivity contribution is -0.137. The summed E-state index contributed by atoms with van der Waals surface area (Å²) in [7, 11) is 2.04. The number of hydrogen-bond acceptors (Lipinski definition) is 5. The molecule has 1 saturated heterocycles. The molecule has 0 bridgehead atoms. The van der Waals surface area contributed by atoms with Crippen molar-refractivity contribution in [3.05, 3.63) is 23.3 Å². The van der Waals surface area contributed by atoms with Crippen LogP contribution in [0.4, 0.5) is 18.3 Å². The zero-order valence-corrected chi connectivity index (χ0v) is 13.0. The average molecular weight is 330 g/mol. The van der Waals surface area contributed by atoms with Crippen LogP contribution in [-0.2, 0) is 12.7 Å². The van der Waals surface area contributed by atoms with Gasteiger partial charge in [0.1, 0.15) is 0 Å². The topological polar surface area (TPSA) is 45.4 Å². The first kappa shape index (κ1) is 15.5.